The Morgan fingerprint density at radius 3 is 0.701 bits per heavy atom. The second-order valence-electron chi connectivity index (χ2n) is 28.3. The molecular formula is C74H145N11O32. The van der Waals surface area contributed by atoms with Crippen LogP contribution in [0.1, 0.15) is 185 Å². The van der Waals surface area contributed by atoms with Crippen molar-refractivity contribution in [2.24, 2.45) is 81.7 Å². The summed E-state index contributed by atoms with van der Waals surface area (Å²) in [6.07, 6.45) is -4.46. The van der Waals surface area contributed by atoms with Gasteiger partial charge in [0.15, 0.2) is 0 Å². The van der Waals surface area contributed by atoms with Crippen LogP contribution >= 0.6 is 0 Å². The number of aliphatic carboxylic acids is 7. The zero-order valence-corrected chi connectivity index (χ0v) is 69.4. The molecule has 688 valence electrons. The highest BCUT2D eigenvalue weighted by molar-refractivity contribution is 6.14. The first-order valence-corrected chi connectivity index (χ1v) is 38.8. The van der Waals surface area contributed by atoms with E-state index in [-0.39, 0.29) is 75.0 Å². The second kappa shape index (κ2) is 74.6. The summed E-state index contributed by atoms with van der Waals surface area (Å²) in [6, 6.07) is 0. The Morgan fingerprint density at radius 2 is 0.504 bits per heavy atom. The first-order valence-electron chi connectivity index (χ1n) is 38.8. The highest BCUT2D eigenvalue weighted by atomic mass is 16.4. The van der Waals surface area contributed by atoms with Crippen molar-refractivity contribution in [1.29, 1.82) is 0 Å². The fourth-order valence-corrected chi connectivity index (χ4v) is 10.1. The number of carboxylic acid groups (broad SMARTS) is 7. The zero-order chi connectivity index (χ0) is 92.4. The van der Waals surface area contributed by atoms with Gasteiger partial charge in [0.05, 0.1) is 109 Å². The van der Waals surface area contributed by atoms with Gasteiger partial charge in [-0.25, -0.2) is 0 Å². The van der Waals surface area contributed by atoms with Crippen molar-refractivity contribution in [2.45, 2.75) is 258 Å². The van der Waals surface area contributed by atoms with Crippen LogP contribution in [0.3, 0.4) is 0 Å². The Balaban J connectivity index is -0.000000253. The van der Waals surface area contributed by atoms with Crippen molar-refractivity contribution >= 4 is 77.2 Å². The number of hydrogen-bond acceptors (Lipinski definition) is 31. The number of rotatable bonds is 53. The van der Waals surface area contributed by atoms with E-state index in [0.29, 0.717) is 57.3 Å². The van der Waals surface area contributed by atoms with Crippen molar-refractivity contribution < 1.29 is 159 Å². The smallest absolute Gasteiger partial charge is 0.323 e. The number of amides is 6. The van der Waals surface area contributed by atoms with E-state index < -0.39 is 181 Å². The molecule has 117 heavy (non-hydrogen) atoms. The van der Waals surface area contributed by atoms with Crippen LogP contribution in [0.2, 0.25) is 0 Å². The van der Waals surface area contributed by atoms with Gasteiger partial charge < -0.3 is 153 Å². The third-order valence-electron chi connectivity index (χ3n) is 16.9. The molecule has 0 radical (unpaired) electrons. The molecule has 43 heteroatoms. The number of carboxylic acids is 7. The fourth-order valence-electron chi connectivity index (χ4n) is 10.1. The van der Waals surface area contributed by atoms with Gasteiger partial charge >= 0.3 is 29.8 Å². The monoisotopic (exact) mass is 1700 g/mol. The topological polar surface area (TPSA) is 814 Å². The number of nitrogens with two attached hydrogens (primary N) is 6. The standard InChI is InChI=1S/2C19H40N4O5.2C11H20O7.C6H5NO4.C4H12N2.2C2H4O2/c2*1-13(24)11-15(19(28)23-10-6-4-8-21)12-16(25)17(26)14(2)18(27)22-9-5-3-7-20;2*1-5(12)3-7(11(17)18)4-8(13)9(14)6(2)10(15)16;8-4-1-2-5(9)7(4)3-6(10)11;5-3-1-2-4-6;2*1-2(3)4/h2*13-17,24-26H,3-12,20-21H2,1-2H3,(H,22,27)(H,23,28);2*5-9,12-14H,3-4H2,1-2H3,(H,15,16)(H,17,18);1-2H,3H2,(H,10,11);1-6H2;2*1H3,(H,3,4). The maximum absolute atomic E-state index is 12.4. The molecule has 0 spiro atoms. The van der Waals surface area contributed by atoms with E-state index in [4.69, 9.17) is 89.9 Å². The van der Waals surface area contributed by atoms with E-state index >= 15 is 0 Å². The lowest BCUT2D eigenvalue weighted by molar-refractivity contribution is -0.151. The molecular weight excluding hydrogens is 1550 g/mol. The number of nitrogens with zero attached hydrogens (tertiary/aromatic N) is 1. The molecule has 1 rings (SSSR count). The van der Waals surface area contributed by atoms with Crippen LogP contribution in [-0.2, 0) is 62.3 Å². The first-order chi connectivity index (χ1) is 54.3. The van der Waals surface area contributed by atoms with E-state index in [0.717, 1.165) is 103 Å². The largest absolute Gasteiger partial charge is 0.481 e. The maximum atomic E-state index is 12.4. The number of aliphatic hydroxyl groups excluding tert-OH is 12. The summed E-state index contributed by atoms with van der Waals surface area (Å²) in [7, 11) is 0. The number of carbonyl (C=O) groups is 13. The number of aliphatic hydroxyl groups is 12. The van der Waals surface area contributed by atoms with Crippen molar-refractivity contribution in [1.82, 2.24) is 26.2 Å². The lowest BCUT2D eigenvalue weighted by atomic mass is 9.88. The molecule has 43 nitrogen and oxygen atoms in total. The molecule has 35 N–H and O–H groups in total. The van der Waals surface area contributed by atoms with E-state index in [2.05, 4.69) is 21.3 Å². The van der Waals surface area contributed by atoms with Crippen LogP contribution in [0.15, 0.2) is 12.2 Å². The molecule has 0 saturated carbocycles. The Kier molecular flexibility index (Phi) is 78.1. The van der Waals surface area contributed by atoms with Crippen LogP contribution in [0.4, 0.5) is 0 Å². The lowest BCUT2D eigenvalue weighted by Crippen LogP contribution is -2.44. The quantitative estimate of drug-likeness (QED) is 0.0200. The SMILES string of the molecule is CC(=O)O.CC(=O)O.CC(O)CC(CC(O)C(O)C(C)C(=O)NCCCCN)C(=O)NCCCCN.CC(O)CC(CC(O)C(O)C(C)C(=O)NCCCCN)C(=O)NCCCCN.CC(O)CC(CC(O)C(O)C(C)C(=O)O)C(=O)O.CC(O)CC(CC(O)C(O)C(C)C(=O)O)C(=O)O.NCCCCN.O=C(O)CN1C(=O)C=CC1=O. The molecule has 0 bridgehead atoms. The van der Waals surface area contributed by atoms with Gasteiger partial charge in [0, 0.05) is 64.0 Å². The number of hydrogen-bond donors (Lipinski definition) is 29. The van der Waals surface area contributed by atoms with Gasteiger partial charge in [0.1, 0.15) is 6.54 Å². The summed E-state index contributed by atoms with van der Waals surface area (Å²) in [5, 5.41) is 186. The van der Waals surface area contributed by atoms with E-state index in [9.17, 15) is 104 Å². The van der Waals surface area contributed by atoms with Crippen molar-refractivity contribution in [3.8, 4) is 0 Å². The van der Waals surface area contributed by atoms with Crippen LogP contribution in [0, 0.1) is 47.3 Å². The number of imide groups is 1. The van der Waals surface area contributed by atoms with Gasteiger partial charge in [-0.3, -0.25) is 67.2 Å². The van der Waals surface area contributed by atoms with Crippen molar-refractivity contribution in [3.05, 3.63) is 12.2 Å². The van der Waals surface area contributed by atoms with Gasteiger partial charge in [-0.05, 0) is 196 Å². The highest BCUT2D eigenvalue weighted by Gasteiger charge is 2.37. The van der Waals surface area contributed by atoms with Gasteiger partial charge in [0.25, 0.3) is 23.8 Å². The van der Waals surface area contributed by atoms with E-state index in [1.807, 2.05) is 0 Å². The minimum atomic E-state index is -1.54. The summed E-state index contributed by atoms with van der Waals surface area (Å²) in [5.74, 6) is -17.7. The van der Waals surface area contributed by atoms with Crippen molar-refractivity contribution in [3.63, 3.8) is 0 Å². The third-order valence-corrected chi connectivity index (χ3v) is 16.9. The Labute approximate surface area is 684 Å². The predicted octanol–water partition coefficient (Wildman–Crippen LogP) is -4.89. The molecule has 0 aromatic heterocycles. The van der Waals surface area contributed by atoms with Crippen LogP contribution in [0.25, 0.3) is 0 Å². The Bertz CT molecular complexity index is 2580. The average molecular weight is 1700 g/mol. The Morgan fingerprint density at radius 1 is 0.308 bits per heavy atom. The molecule has 6 amide bonds. The molecule has 1 aliphatic rings. The molecule has 1 heterocycles. The molecule has 0 aliphatic carbocycles. The number of nitrogens with one attached hydrogen (secondary N) is 4. The second-order valence-corrected chi connectivity index (χ2v) is 28.3. The van der Waals surface area contributed by atoms with Gasteiger partial charge in [-0.15, -0.1) is 0 Å². The molecule has 0 aromatic carbocycles. The van der Waals surface area contributed by atoms with Crippen molar-refractivity contribution in [2.75, 3.05) is 72.0 Å². The minimum Gasteiger partial charge on any atom is -0.481 e. The highest BCUT2D eigenvalue weighted by Crippen LogP contribution is 2.24. The van der Waals surface area contributed by atoms with Crippen LogP contribution in [-0.4, -0.2) is 324 Å². The molecule has 20 atom stereocenters. The molecule has 0 fully saturated rings. The van der Waals surface area contributed by atoms with Gasteiger partial charge in [-0.1, -0.05) is 13.8 Å². The zero-order valence-electron chi connectivity index (χ0n) is 69.4. The molecule has 0 aromatic rings. The summed E-state index contributed by atoms with van der Waals surface area (Å²) >= 11 is 0. The van der Waals surface area contributed by atoms with Crippen LogP contribution < -0.4 is 55.7 Å². The normalized spacial score (nSPS) is 16.4. The van der Waals surface area contributed by atoms with E-state index in [1.54, 1.807) is 13.8 Å². The predicted molar refractivity (Wildman–Crippen MR) is 426 cm³/mol. The van der Waals surface area contributed by atoms with Gasteiger partial charge in [-0.2, -0.15) is 0 Å². The number of carbonyl (C=O) groups excluding carboxylic acids is 6. The third kappa shape index (κ3) is 69.9. The maximum Gasteiger partial charge on any atom is 0.323 e. The number of unbranched alkanes of at least 4 members (excludes halogenated alkanes) is 5. The lowest BCUT2D eigenvalue weighted by Gasteiger charge is -2.27. The first kappa shape index (κ1) is 123. The molecule has 0 saturated heterocycles. The summed E-state index contributed by atoms with van der Waals surface area (Å²) in [4.78, 5) is 142. The molecule has 1 aliphatic heterocycles. The van der Waals surface area contributed by atoms with Crippen LogP contribution in [0.5, 0.6) is 0 Å². The van der Waals surface area contributed by atoms with E-state index in [1.165, 1.54) is 41.5 Å². The minimum absolute atomic E-state index is 0.0421. The summed E-state index contributed by atoms with van der Waals surface area (Å²) in [5.41, 5.74) is 32.0. The molecule has 20 unspecified atom stereocenters. The van der Waals surface area contributed by atoms with Gasteiger partial charge in [0.2, 0.25) is 23.6 Å². The Hall–Kier alpha value is -7.67. The summed E-state index contributed by atoms with van der Waals surface area (Å²) in [6.45, 7) is 18.6. The average Bonchev–Trinajstić information content (AvgIpc) is 1.87. The summed E-state index contributed by atoms with van der Waals surface area (Å²) < 4.78 is 0. The fraction of sp³-hybridized carbons (Fsp3) is 0.797.